The Bertz CT molecular complexity index is 623. The lowest BCUT2D eigenvalue weighted by Crippen LogP contribution is -2.46. The van der Waals surface area contributed by atoms with Gasteiger partial charge in [-0.1, -0.05) is 23.7 Å². The molecule has 0 unspecified atom stereocenters. The van der Waals surface area contributed by atoms with Crippen LogP contribution in [0.1, 0.15) is 31.2 Å². The molecule has 2 aliphatic heterocycles. The number of nitrogens with zero attached hydrogens (tertiary/aromatic N) is 1. The number of benzene rings is 1. The lowest BCUT2D eigenvalue weighted by Gasteiger charge is -2.28. The van der Waals surface area contributed by atoms with Crippen LogP contribution in [0.4, 0.5) is 4.39 Å². The number of nitrogens with one attached hydrogen (secondary N) is 1. The molecule has 1 aliphatic carbocycles. The molecule has 1 N–H and O–H groups in total. The quantitative estimate of drug-likeness (QED) is 0.917. The van der Waals surface area contributed by atoms with E-state index in [9.17, 15) is 9.18 Å². The van der Waals surface area contributed by atoms with Crippen LogP contribution in [0.5, 0.6) is 0 Å². The van der Waals surface area contributed by atoms with Crippen LogP contribution in [0.2, 0.25) is 5.02 Å². The Morgan fingerprint density at radius 3 is 3.00 bits per heavy atom. The zero-order valence-corrected chi connectivity index (χ0v) is 13.6. The zero-order chi connectivity index (χ0) is 16.0. The molecular formula is C17H20ClFN2O2. The van der Waals surface area contributed by atoms with E-state index in [1.165, 1.54) is 6.07 Å². The minimum absolute atomic E-state index is 0.0676. The lowest BCUT2D eigenvalue weighted by atomic mass is 10.1. The van der Waals surface area contributed by atoms with Crippen LogP contribution < -0.4 is 5.32 Å². The van der Waals surface area contributed by atoms with Crippen molar-refractivity contribution in [1.82, 2.24) is 10.2 Å². The molecule has 2 saturated heterocycles. The molecule has 3 fully saturated rings. The van der Waals surface area contributed by atoms with Crippen molar-refractivity contribution in [3.05, 3.63) is 34.6 Å². The number of halogens is 2. The number of likely N-dealkylation sites (tertiary alicyclic amines) is 1. The highest BCUT2D eigenvalue weighted by molar-refractivity contribution is 6.31. The second-order valence-electron chi connectivity index (χ2n) is 6.68. The van der Waals surface area contributed by atoms with E-state index in [1.54, 1.807) is 6.07 Å². The molecule has 3 atom stereocenters. The average Bonchev–Trinajstić information content (AvgIpc) is 3.10. The van der Waals surface area contributed by atoms with Crippen LogP contribution in [0, 0.1) is 5.82 Å². The van der Waals surface area contributed by atoms with E-state index in [1.807, 2.05) is 6.07 Å². The average molecular weight is 339 g/mol. The first-order valence-electron chi connectivity index (χ1n) is 8.24. The molecular weight excluding hydrogens is 319 g/mol. The molecule has 2 heterocycles. The van der Waals surface area contributed by atoms with E-state index >= 15 is 0 Å². The highest BCUT2D eigenvalue weighted by Crippen LogP contribution is 2.36. The van der Waals surface area contributed by atoms with Crippen molar-refractivity contribution in [1.29, 1.82) is 0 Å². The molecule has 0 radical (unpaired) electrons. The van der Waals surface area contributed by atoms with E-state index in [0.717, 1.165) is 31.4 Å². The first kappa shape index (κ1) is 15.4. The Balaban J connectivity index is 1.56. The van der Waals surface area contributed by atoms with Gasteiger partial charge in [-0.2, -0.15) is 0 Å². The van der Waals surface area contributed by atoms with Gasteiger partial charge in [0, 0.05) is 25.2 Å². The highest BCUT2D eigenvalue weighted by Gasteiger charge is 2.48. The molecule has 23 heavy (non-hydrogen) atoms. The minimum Gasteiger partial charge on any atom is -0.376 e. The van der Waals surface area contributed by atoms with Gasteiger partial charge in [-0.15, -0.1) is 0 Å². The van der Waals surface area contributed by atoms with Crippen molar-refractivity contribution in [3.63, 3.8) is 0 Å². The van der Waals surface area contributed by atoms with Gasteiger partial charge in [0.05, 0.1) is 17.2 Å². The molecule has 1 saturated carbocycles. The third kappa shape index (κ3) is 2.97. The molecule has 0 aromatic heterocycles. The molecule has 1 amide bonds. The Labute approximate surface area is 139 Å². The Kier molecular flexibility index (Phi) is 4.03. The molecule has 3 aliphatic rings. The van der Waals surface area contributed by atoms with Gasteiger partial charge >= 0.3 is 0 Å². The molecule has 4 nitrogen and oxygen atoms in total. The number of hydrogen-bond acceptors (Lipinski definition) is 3. The van der Waals surface area contributed by atoms with E-state index in [4.69, 9.17) is 16.3 Å². The van der Waals surface area contributed by atoms with E-state index in [0.29, 0.717) is 19.0 Å². The minimum atomic E-state index is -0.415. The highest BCUT2D eigenvalue weighted by atomic mass is 35.5. The maximum Gasteiger partial charge on any atom is 0.237 e. The fourth-order valence-corrected chi connectivity index (χ4v) is 3.89. The maximum atomic E-state index is 13.7. The molecule has 4 rings (SSSR count). The smallest absolute Gasteiger partial charge is 0.237 e. The van der Waals surface area contributed by atoms with Crippen molar-refractivity contribution < 1.29 is 13.9 Å². The van der Waals surface area contributed by atoms with E-state index < -0.39 is 5.82 Å². The summed E-state index contributed by atoms with van der Waals surface area (Å²) in [6.45, 7) is 1.20. The van der Waals surface area contributed by atoms with Gasteiger partial charge in [-0.05, 0) is 37.3 Å². The first-order chi connectivity index (χ1) is 11.1. The van der Waals surface area contributed by atoms with Crippen LogP contribution in [-0.4, -0.2) is 41.6 Å². The van der Waals surface area contributed by atoms with Gasteiger partial charge in [0.2, 0.25) is 5.91 Å². The lowest BCUT2D eigenvalue weighted by molar-refractivity contribution is -0.126. The van der Waals surface area contributed by atoms with Crippen LogP contribution >= 0.6 is 11.6 Å². The molecule has 0 spiro atoms. The fourth-order valence-electron chi connectivity index (χ4n) is 3.71. The normalized spacial score (nSPS) is 30.4. The van der Waals surface area contributed by atoms with Crippen molar-refractivity contribution in [2.45, 2.75) is 56.5 Å². The van der Waals surface area contributed by atoms with Crippen molar-refractivity contribution in [3.8, 4) is 0 Å². The van der Waals surface area contributed by atoms with Gasteiger partial charge in [-0.3, -0.25) is 9.69 Å². The summed E-state index contributed by atoms with van der Waals surface area (Å²) in [4.78, 5) is 14.7. The summed E-state index contributed by atoms with van der Waals surface area (Å²) in [6.07, 6.45) is 3.84. The predicted molar refractivity (Wildman–Crippen MR) is 84.7 cm³/mol. The summed E-state index contributed by atoms with van der Waals surface area (Å²) in [5.41, 5.74) is 0.725. The summed E-state index contributed by atoms with van der Waals surface area (Å²) in [5.74, 6) is -0.348. The third-order valence-electron chi connectivity index (χ3n) is 5.07. The maximum absolute atomic E-state index is 13.7. The van der Waals surface area contributed by atoms with Gasteiger partial charge in [0.25, 0.3) is 0 Å². The Morgan fingerprint density at radius 1 is 1.39 bits per heavy atom. The van der Waals surface area contributed by atoms with Crippen LogP contribution in [0.25, 0.3) is 0 Å². The van der Waals surface area contributed by atoms with Crippen LogP contribution in [0.3, 0.4) is 0 Å². The predicted octanol–water partition coefficient (Wildman–Crippen LogP) is 2.49. The Hall–Kier alpha value is -1.17. The summed E-state index contributed by atoms with van der Waals surface area (Å²) < 4.78 is 19.5. The number of amides is 1. The molecule has 6 heteroatoms. The van der Waals surface area contributed by atoms with Crippen LogP contribution in [0.15, 0.2) is 18.2 Å². The molecule has 1 aromatic carbocycles. The molecule has 1 aromatic rings. The SMILES string of the molecule is O=C(NC1CC1)[C@@H]1C[C@@H]2OCC[C@@H]2N1Cc1cccc(F)c1Cl. The second kappa shape index (κ2) is 6.04. The molecule has 124 valence electrons. The molecule has 0 bridgehead atoms. The van der Waals surface area contributed by atoms with Crippen molar-refractivity contribution in [2.75, 3.05) is 6.61 Å². The van der Waals surface area contributed by atoms with Gasteiger partial charge < -0.3 is 10.1 Å². The zero-order valence-electron chi connectivity index (χ0n) is 12.8. The van der Waals surface area contributed by atoms with Gasteiger partial charge in [0.15, 0.2) is 0 Å². The number of ether oxygens (including phenoxy) is 1. The Morgan fingerprint density at radius 2 is 2.22 bits per heavy atom. The largest absolute Gasteiger partial charge is 0.376 e. The van der Waals surface area contributed by atoms with E-state index in [-0.39, 0.29) is 29.1 Å². The summed E-state index contributed by atoms with van der Waals surface area (Å²) in [5, 5.41) is 3.23. The summed E-state index contributed by atoms with van der Waals surface area (Å²) in [6, 6.07) is 5.17. The van der Waals surface area contributed by atoms with E-state index in [2.05, 4.69) is 10.2 Å². The summed E-state index contributed by atoms with van der Waals surface area (Å²) >= 11 is 6.10. The number of carbonyl (C=O) groups is 1. The van der Waals surface area contributed by atoms with Gasteiger partial charge in [0.1, 0.15) is 5.82 Å². The standard InChI is InChI=1S/C17H20ClFN2O2/c18-16-10(2-1-3-12(16)19)9-21-13-6-7-23-15(13)8-14(21)17(22)20-11-4-5-11/h1-3,11,13-15H,4-9H2,(H,20,22)/t13-,14-,15-/m0/s1. The first-order valence-corrected chi connectivity index (χ1v) is 8.62. The van der Waals surface area contributed by atoms with Crippen LogP contribution in [-0.2, 0) is 16.1 Å². The van der Waals surface area contributed by atoms with Crippen molar-refractivity contribution >= 4 is 17.5 Å². The second-order valence-corrected chi connectivity index (χ2v) is 7.06. The number of hydrogen-bond donors (Lipinski definition) is 1. The topological polar surface area (TPSA) is 41.6 Å². The third-order valence-corrected chi connectivity index (χ3v) is 5.49. The fraction of sp³-hybridized carbons (Fsp3) is 0.588. The number of rotatable bonds is 4. The van der Waals surface area contributed by atoms with Crippen molar-refractivity contribution in [2.24, 2.45) is 0 Å². The summed E-state index contributed by atoms with van der Waals surface area (Å²) in [7, 11) is 0. The van der Waals surface area contributed by atoms with Gasteiger partial charge in [-0.25, -0.2) is 4.39 Å². The number of carbonyl (C=O) groups excluding carboxylic acids is 1. The number of fused-ring (bicyclic) bond motifs is 1. The monoisotopic (exact) mass is 338 g/mol.